The zero-order chi connectivity index (χ0) is 14.5. The van der Waals surface area contributed by atoms with Crippen LogP contribution in [0.4, 0.5) is 0 Å². The molecule has 3 unspecified atom stereocenters. The molecule has 2 rings (SSSR count). The fourth-order valence-electron chi connectivity index (χ4n) is 3.15. The van der Waals surface area contributed by atoms with Crippen molar-refractivity contribution in [2.24, 2.45) is 17.6 Å². The first-order chi connectivity index (χ1) is 9.63. The van der Waals surface area contributed by atoms with E-state index in [4.69, 9.17) is 5.73 Å². The molecule has 0 aromatic carbocycles. The van der Waals surface area contributed by atoms with Crippen LogP contribution < -0.4 is 5.73 Å². The van der Waals surface area contributed by atoms with Crippen molar-refractivity contribution in [1.29, 1.82) is 0 Å². The minimum atomic E-state index is 0.143. The van der Waals surface area contributed by atoms with Crippen molar-refractivity contribution in [3.63, 3.8) is 0 Å². The number of hydrogen-bond acceptors (Lipinski definition) is 3. The molecule has 1 aromatic rings. The minimum Gasteiger partial charge on any atom is -0.342 e. The quantitative estimate of drug-likeness (QED) is 0.907. The topological polar surface area (TPSA) is 46.3 Å². The predicted molar refractivity (Wildman–Crippen MR) is 84.8 cm³/mol. The molecule has 0 spiro atoms. The SMILES string of the molecule is CC(Cc1cccs1)N(C)C(=O)C1CCCCC1CN. The lowest BCUT2D eigenvalue weighted by atomic mass is 9.78. The van der Waals surface area contributed by atoms with Crippen molar-refractivity contribution in [1.82, 2.24) is 4.90 Å². The zero-order valence-corrected chi connectivity index (χ0v) is 13.4. The van der Waals surface area contributed by atoms with E-state index < -0.39 is 0 Å². The molecule has 0 bridgehead atoms. The first-order valence-corrected chi connectivity index (χ1v) is 8.50. The predicted octanol–water partition coefficient (Wildman–Crippen LogP) is 2.90. The zero-order valence-electron chi connectivity index (χ0n) is 12.5. The molecule has 0 aliphatic heterocycles. The first-order valence-electron chi connectivity index (χ1n) is 7.62. The van der Waals surface area contributed by atoms with Crippen molar-refractivity contribution in [3.05, 3.63) is 22.4 Å². The van der Waals surface area contributed by atoms with Gasteiger partial charge < -0.3 is 10.6 Å². The summed E-state index contributed by atoms with van der Waals surface area (Å²) in [6, 6.07) is 4.46. The maximum Gasteiger partial charge on any atom is 0.226 e. The number of nitrogens with zero attached hydrogens (tertiary/aromatic N) is 1. The van der Waals surface area contributed by atoms with Gasteiger partial charge in [0.15, 0.2) is 0 Å². The Kier molecular flexibility index (Phi) is 5.61. The van der Waals surface area contributed by atoms with E-state index in [1.165, 1.54) is 17.7 Å². The van der Waals surface area contributed by atoms with Crippen LogP contribution in [0.3, 0.4) is 0 Å². The summed E-state index contributed by atoms with van der Waals surface area (Å²) in [4.78, 5) is 16.0. The molecular weight excluding hydrogens is 268 g/mol. The lowest BCUT2D eigenvalue weighted by molar-refractivity contribution is -0.138. The molecular formula is C16H26N2OS. The van der Waals surface area contributed by atoms with Gasteiger partial charge in [-0.1, -0.05) is 18.9 Å². The Balaban J connectivity index is 1.96. The highest BCUT2D eigenvalue weighted by molar-refractivity contribution is 7.09. The summed E-state index contributed by atoms with van der Waals surface area (Å²) in [5.41, 5.74) is 5.85. The van der Waals surface area contributed by atoms with E-state index in [-0.39, 0.29) is 12.0 Å². The Hall–Kier alpha value is -0.870. The van der Waals surface area contributed by atoms with Gasteiger partial charge in [-0.2, -0.15) is 0 Å². The van der Waals surface area contributed by atoms with Gasteiger partial charge in [-0.05, 0) is 43.7 Å². The van der Waals surface area contributed by atoms with Crippen LogP contribution in [0.5, 0.6) is 0 Å². The number of likely N-dealkylation sites (N-methyl/N-ethyl adjacent to an activating group) is 1. The van der Waals surface area contributed by atoms with Crippen LogP contribution in [0.2, 0.25) is 0 Å². The third-order valence-corrected chi connectivity index (χ3v) is 5.51. The van der Waals surface area contributed by atoms with E-state index in [1.54, 1.807) is 11.3 Å². The number of carbonyl (C=O) groups excluding carboxylic acids is 1. The van der Waals surface area contributed by atoms with Crippen molar-refractivity contribution >= 4 is 17.2 Å². The minimum absolute atomic E-state index is 0.143. The van der Waals surface area contributed by atoms with Crippen molar-refractivity contribution < 1.29 is 4.79 Å². The Bertz CT molecular complexity index is 418. The van der Waals surface area contributed by atoms with Crippen LogP contribution in [0.25, 0.3) is 0 Å². The maximum atomic E-state index is 12.7. The van der Waals surface area contributed by atoms with E-state index in [1.807, 2.05) is 11.9 Å². The molecule has 0 radical (unpaired) electrons. The highest BCUT2D eigenvalue weighted by atomic mass is 32.1. The standard InChI is InChI=1S/C16H26N2OS/c1-12(10-14-7-5-9-20-14)18(2)16(19)15-8-4-3-6-13(15)11-17/h5,7,9,12-13,15H,3-4,6,8,10-11,17H2,1-2H3. The van der Waals surface area contributed by atoms with Gasteiger partial charge >= 0.3 is 0 Å². The Morgan fingerprint density at radius 3 is 2.90 bits per heavy atom. The Morgan fingerprint density at radius 1 is 1.50 bits per heavy atom. The van der Waals surface area contributed by atoms with E-state index in [0.717, 1.165) is 19.3 Å². The number of carbonyl (C=O) groups is 1. The highest BCUT2D eigenvalue weighted by Crippen LogP contribution is 2.31. The average Bonchev–Trinajstić information content (AvgIpc) is 2.98. The summed E-state index contributed by atoms with van der Waals surface area (Å²) >= 11 is 1.76. The van der Waals surface area contributed by atoms with Gasteiger partial charge in [0.2, 0.25) is 5.91 Å². The summed E-state index contributed by atoms with van der Waals surface area (Å²) in [7, 11) is 1.95. The number of rotatable bonds is 5. The van der Waals surface area contributed by atoms with Gasteiger partial charge in [-0.25, -0.2) is 0 Å². The molecule has 0 saturated heterocycles. The van der Waals surface area contributed by atoms with Crippen LogP contribution in [0.1, 0.15) is 37.5 Å². The molecule has 2 N–H and O–H groups in total. The van der Waals surface area contributed by atoms with Gasteiger partial charge in [-0.15, -0.1) is 11.3 Å². The van der Waals surface area contributed by atoms with Crippen LogP contribution in [-0.4, -0.2) is 30.4 Å². The van der Waals surface area contributed by atoms with Crippen molar-refractivity contribution in [2.75, 3.05) is 13.6 Å². The fourth-order valence-corrected chi connectivity index (χ4v) is 3.98. The molecule has 3 nitrogen and oxygen atoms in total. The van der Waals surface area contributed by atoms with Gasteiger partial charge in [0.1, 0.15) is 0 Å². The monoisotopic (exact) mass is 294 g/mol. The summed E-state index contributed by atoms with van der Waals surface area (Å²) < 4.78 is 0. The second kappa shape index (κ2) is 7.23. The molecule has 1 aliphatic rings. The summed E-state index contributed by atoms with van der Waals surface area (Å²) in [6.45, 7) is 2.78. The third kappa shape index (κ3) is 3.61. The van der Waals surface area contributed by atoms with Gasteiger partial charge in [0.25, 0.3) is 0 Å². The van der Waals surface area contributed by atoms with E-state index in [0.29, 0.717) is 18.4 Å². The van der Waals surface area contributed by atoms with Gasteiger partial charge in [0, 0.05) is 30.3 Å². The maximum absolute atomic E-state index is 12.7. The lowest BCUT2D eigenvalue weighted by Crippen LogP contribution is -2.44. The molecule has 112 valence electrons. The molecule has 1 amide bonds. The lowest BCUT2D eigenvalue weighted by Gasteiger charge is -2.35. The van der Waals surface area contributed by atoms with Crippen LogP contribution in [-0.2, 0) is 11.2 Å². The molecule has 1 heterocycles. The summed E-state index contributed by atoms with van der Waals surface area (Å²) in [6.07, 6.45) is 5.46. The van der Waals surface area contributed by atoms with Crippen molar-refractivity contribution in [3.8, 4) is 0 Å². The van der Waals surface area contributed by atoms with Crippen LogP contribution in [0.15, 0.2) is 17.5 Å². The highest BCUT2D eigenvalue weighted by Gasteiger charge is 2.33. The molecule has 4 heteroatoms. The first kappa shape index (κ1) is 15.5. The second-order valence-corrected chi connectivity index (χ2v) is 7.00. The number of hydrogen-bond donors (Lipinski definition) is 1. The molecule has 1 aliphatic carbocycles. The van der Waals surface area contributed by atoms with Gasteiger partial charge in [0.05, 0.1) is 0 Å². The Morgan fingerprint density at radius 2 is 2.25 bits per heavy atom. The van der Waals surface area contributed by atoms with E-state index >= 15 is 0 Å². The van der Waals surface area contributed by atoms with Crippen LogP contribution >= 0.6 is 11.3 Å². The third-order valence-electron chi connectivity index (χ3n) is 4.61. The van der Waals surface area contributed by atoms with E-state index in [9.17, 15) is 4.79 Å². The number of nitrogens with two attached hydrogens (primary N) is 1. The summed E-state index contributed by atoms with van der Waals surface area (Å²) in [5.74, 6) is 0.821. The fraction of sp³-hybridized carbons (Fsp3) is 0.688. The van der Waals surface area contributed by atoms with Gasteiger partial charge in [-0.3, -0.25) is 4.79 Å². The molecule has 1 saturated carbocycles. The molecule has 1 aromatic heterocycles. The smallest absolute Gasteiger partial charge is 0.226 e. The Labute approximate surface area is 126 Å². The molecule has 1 fully saturated rings. The largest absolute Gasteiger partial charge is 0.342 e. The number of amides is 1. The normalized spacial score (nSPS) is 24.4. The second-order valence-electron chi connectivity index (χ2n) is 5.97. The van der Waals surface area contributed by atoms with Crippen LogP contribution in [0, 0.1) is 11.8 Å². The van der Waals surface area contributed by atoms with Crippen molar-refractivity contribution in [2.45, 2.75) is 45.1 Å². The summed E-state index contributed by atoms with van der Waals surface area (Å²) in [5, 5.41) is 2.09. The van der Waals surface area contributed by atoms with E-state index in [2.05, 4.69) is 24.4 Å². The average molecular weight is 294 g/mol. The number of thiophene rings is 1. The molecule has 20 heavy (non-hydrogen) atoms. The molecule has 3 atom stereocenters.